The summed E-state index contributed by atoms with van der Waals surface area (Å²) in [7, 11) is 4.60. The molecule has 176 valence electrons. The van der Waals surface area contributed by atoms with E-state index in [1.54, 1.807) is 24.3 Å². The summed E-state index contributed by atoms with van der Waals surface area (Å²) in [6.07, 6.45) is 9.94. The van der Waals surface area contributed by atoms with Crippen molar-refractivity contribution in [2.45, 2.75) is 51.4 Å². The molecular weight excluding hydrogens is 424 g/mol. The van der Waals surface area contributed by atoms with Crippen LogP contribution < -0.4 is 18.9 Å². The Morgan fingerprint density at radius 2 is 1.25 bits per heavy atom. The maximum absolute atomic E-state index is 12.9. The van der Waals surface area contributed by atoms with E-state index < -0.39 is 0 Å². The molecule has 0 spiro atoms. The monoisotopic (exact) mass is 460 g/mol. The lowest BCUT2D eigenvalue weighted by Gasteiger charge is -2.14. The average Bonchev–Trinajstić information content (AvgIpc) is 2.84. The van der Waals surface area contributed by atoms with E-state index in [-0.39, 0.29) is 5.78 Å². The Balaban J connectivity index is 1.82. The van der Waals surface area contributed by atoms with Crippen LogP contribution in [-0.2, 0) is 0 Å². The van der Waals surface area contributed by atoms with Crippen LogP contribution in [0.15, 0.2) is 36.4 Å². The van der Waals surface area contributed by atoms with Gasteiger partial charge in [0.15, 0.2) is 17.3 Å². The van der Waals surface area contributed by atoms with Gasteiger partial charge in [0.1, 0.15) is 5.75 Å². The third kappa shape index (κ3) is 7.97. The van der Waals surface area contributed by atoms with Crippen molar-refractivity contribution in [1.82, 2.24) is 0 Å². The topological polar surface area (TPSA) is 54.0 Å². The molecule has 5 nitrogen and oxygen atoms in total. The van der Waals surface area contributed by atoms with Crippen molar-refractivity contribution in [2.24, 2.45) is 0 Å². The highest BCUT2D eigenvalue weighted by Gasteiger charge is 2.18. The molecule has 0 N–H and O–H groups in total. The SMILES string of the molecule is COc1cc(C(=O)c2ccc(OCCCCCCCCCCS)cc2)cc(OC)c1OC. The molecule has 2 aromatic carbocycles. The van der Waals surface area contributed by atoms with Crippen LogP contribution in [0.3, 0.4) is 0 Å². The molecule has 0 saturated carbocycles. The van der Waals surface area contributed by atoms with Gasteiger partial charge in [-0.2, -0.15) is 12.6 Å². The van der Waals surface area contributed by atoms with Crippen molar-refractivity contribution < 1.29 is 23.7 Å². The zero-order valence-corrected chi connectivity index (χ0v) is 20.4. The van der Waals surface area contributed by atoms with Gasteiger partial charge in [0.25, 0.3) is 0 Å². The van der Waals surface area contributed by atoms with Gasteiger partial charge in [-0.3, -0.25) is 4.79 Å². The molecule has 0 bridgehead atoms. The van der Waals surface area contributed by atoms with Crippen molar-refractivity contribution in [2.75, 3.05) is 33.7 Å². The predicted octanol–water partition coefficient (Wildman–Crippen LogP) is 6.37. The van der Waals surface area contributed by atoms with Crippen LogP contribution in [0.25, 0.3) is 0 Å². The van der Waals surface area contributed by atoms with Crippen LogP contribution >= 0.6 is 12.6 Å². The van der Waals surface area contributed by atoms with Crippen LogP contribution in [0.4, 0.5) is 0 Å². The second-order valence-electron chi connectivity index (χ2n) is 7.67. The number of unbranched alkanes of at least 4 members (excludes halogenated alkanes) is 7. The summed E-state index contributed by atoms with van der Waals surface area (Å²) in [6, 6.07) is 10.6. The van der Waals surface area contributed by atoms with Crippen LogP contribution in [0.5, 0.6) is 23.0 Å². The highest BCUT2D eigenvalue weighted by molar-refractivity contribution is 7.80. The predicted molar refractivity (Wildman–Crippen MR) is 132 cm³/mol. The third-order valence-electron chi connectivity index (χ3n) is 5.36. The van der Waals surface area contributed by atoms with Gasteiger partial charge in [0, 0.05) is 11.1 Å². The number of thiol groups is 1. The van der Waals surface area contributed by atoms with Crippen LogP contribution in [-0.4, -0.2) is 39.5 Å². The van der Waals surface area contributed by atoms with Gasteiger partial charge in [0.05, 0.1) is 27.9 Å². The van der Waals surface area contributed by atoms with Gasteiger partial charge in [-0.25, -0.2) is 0 Å². The smallest absolute Gasteiger partial charge is 0.203 e. The molecule has 0 atom stereocenters. The van der Waals surface area contributed by atoms with Gasteiger partial charge in [-0.05, 0) is 55.0 Å². The van der Waals surface area contributed by atoms with E-state index in [0.29, 0.717) is 35.0 Å². The Morgan fingerprint density at radius 3 is 1.75 bits per heavy atom. The number of ketones is 1. The molecule has 0 aliphatic carbocycles. The minimum Gasteiger partial charge on any atom is -0.494 e. The minimum atomic E-state index is -0.120. The van der Waals surface area contributed by atoms with E-state index >= 15 is 0 Å². The van der Waals surface area contributed by atoms with Gasteiger partial charge in [-0.15, -0.1) is 0 Å². The van der Waals surface area contributed by atoms with E-state index in [1.807, 2.05) is 12.1 Å². The molecule has 6 heteroatoms. The number of hydrogen-bond donors (Lipinski definition) is 1. The lowest BCUT2D eigenvalue weighted by molar-refractivity contribution is 0.103. The molecule has 0 aromatic heterocycles. The van der Waals surface area contributed by atoms with Crippen molar-refractivity contribution >= 4 is 18.4 Å². The fraction of sp³-hybridized carbons (Fsp3) is 0.500. The number of ether oxygens (including phenoxy) is 4. The van der Waals surface area contributed by atoms with Crippen molar-refractivity contribution in [3.8, 4) is 23.0 Å². The van der Waals surface area contributed by atoms with Crippen molar-refractivity contribution in [3.63, 3.8) is 0 Å². The summed E-state index contributed by atoms with van der Waals surface area (Å²) in [5, 5.41) is 0. The van der Waals surface area contributed by atoms with E-state index in [4.69, 9.17) is 18.9 Å². The molecule has 0 amide bonds. The number of rotatable bonds is 16. The molecule has 2 aromatic rings. The fourth-order valence-electron chi connectivity index (χ4n) is 3.55. The van der Waals surface area contributed by atoms with Gasteiger partial charge in [0.2, 0.25) is 5.75 Å². The normalized spacial score (nSPS) is 10.6. The first-order valence-corrected chi connectivity index (χ1v) is 12.0. The van der Waals surface area contributed by atoms with Crippen molar-refractivity contribution in [1.29, 1.82) is 0 Å². The van der Waals surface area contributed by atoms with Gasteiger partial charge >= 0.3 is 0 Å². The molecule has 0 heterocycles. The molecule has 32 heavy (non-hydrogen) atoms. The van der Waals surface area contributed by atoms with Gasteiger partial charge in [-0.1, -0.05) is 38.5 Å². The largest absolute Gasteiger partial charge is 0.494 e. The summed E-state index contributed by atoms with van der Waals surface area (Å²) in [6.45, 7) is 0.694. The van der Waals surface area contributed by atoms with Gasteiger partial charge < -0.3 is 18.9 Å². The molecule has 0 aliphatic rings. The Morgan fingerprint density at radius 1 is 0.719 bits per heavy atom. The second-order valence-corrected chi connectivity index (χ2v) is 8.12. The summed E-state index contributed by atoms with van der Waals surface area (Å²) < 4.78 is 21.8. The lowest BCUT2D eigenvalue weighted by Crippen LogP contribution is -2.04. The minimum absolute atomic E-state index is 0.120. The van der Waals surface area contributed by atoms with E-state index in [2.05, 4.69) is 12.6 Å². The summed E-state index contributed by atoms with van der Waals surface area (Å²) in [4.78, 5) is 12.9. The average molecular weight is 461 g/mol. The standard InChI is InChI=1S/C26H36O5S/c1-28-23-18-21(19-24(29-2)26(23)30-3)25(27)20-12-14-22(15-13-20)31-16-10-8-6-4-5-7-9-11-17-32/h12-15,18-19,32H,4-11,16-17H2,1-3H3. The molecule has 0 radical (unpaired) electrons. The fourth-order valence-corrected chi connectivity index (χ4v) is 3.77. The number of carbonyl (C=O) groups excluding carboxylic acids is 1. The first kappa shape index (κ1) is 25.9. The quantitative estimate of drug-likeness (QED) is 0.179. The zero-order valence-electron chi connectivity index (χ0n) is 19.5. The van der Waals surface area contributed by atoms with E-state index in [1.165, 1.54) is 66.3 Å². The number of carbonyl (C=O) groups is 1. The highest BCUT2D eigenvalue weighted by atomic mass is 32.1. The third-order valence-corrected chi connectivity index (χ3v) is 5.68. The van der Waals surface area contributed by atoms with Crippen molar-refractivity contribution in [3.05, 3.63) is 47.5 Å². The molecule has 0 unspecified atom stereocenters. The maximum Gasteiger partial charge on any atom is 0.203 e. The molecule has 0 saturated heterocycles. The Kier molecular flexibility index (Phi) is 11.9. The molecule has 2 rings (SSSR count). The highest BCUT2D eigenvalue weighted by Crippen LogP contribution is 2.38. The van der Waals surface area contributed by atoms with E-state index in [9.17, 15) is 4.79 Å². The summed E-state index contributed by atoms with van der Waals surface area (Å²) >= 11 is 4.24. The number of benzene rings is 2. The van der Waals surface area contributed by atoms with Crippen LogP contribution in [0, 0.1) is 0 Å². The maximum atomic E-state index is 12.9. The van der Waals surface area contributed by atoms with Crippen LogP contribution in [0.1, 0.15) is 67.3 Å². The Labute approximate surface area is 197 Å². The first-order valence-electron chi connectivity index (χ1n) is 11.3. The molecule has 0 fully saturated rings. The summed E-state index contributed by atoms with van der Waals surface area (Å²) in [5.41, 5.74) is 1.04. The van der Waals surface area contributed by atoms with E-state index in [0.717, 1.165) is 17.9 Å². The first-order chi connectivity index (χ1) is 15.6. The number of methoxy groups -OCH3 is 3. The van der Waals surface area contributed by atoms with Crippen LogP contribution in [0.2, 0.25) is 0 Å². The second kappa shape index (κ2) is 14.7. The molecule has 0 aliphatic heterocycles. The lowest BCUT2D eigenvalue weighted by atomic mass is 10.0. The summed E-state index contributed by atoms with van der Waals surface area (Å²) in [5.74, 6) is 3.02. The Bertz CT molecular complexity index is 794. The Hall–Kier alpha value is -2.34. The zero-order chi connectivity index (χ0) is 23.2. The number of hydrogen-bond acceptors (Lipinski definition) is 6. The molecular formula is C26H36O5S.